The molecular formula is C22H22N2O. The summed E-state index contributed by atoms with van der Waals surface area (Å²) in [6, 6.07) is 20.4. The van der Waals surface area contributed by atoms with Gasteiger partial charge in [0.25, 0.3) is 0 Å². The van der Waals surface area contributed by atoms with Gasteiger partial charge in [-0.2, -0.15) is 5.10 Å². The third-order valence-corrected chi connectivity index (χ3v) is 4.81. The van der Waals surface area contributed by atoms with Crippen LogP contribution in [0.15, 0.2) is 60.7 Å². The summed E-state index contributed by atoms with van der Waals surface area (Å²) >= 11 is 0. The van der Waals surface area contributed by atoms with Gasteiger partial charge >= 0.3 is 0 Å². The Balaban J connectivity index is 1.88. The van der Waals surface area contributed by atoms with Crippen LogP contribution in [-0.4, -0.2) is 15.6 Å². The molecule has 3 aromatic rings. The first-order valence-electron chi connectivity index (χ1n) is 8.76. The van der Waals surface area contributed by atoms with Crippen LogP contribution in [0.1, 0.15) is 41.9 Å². The monoisotopic (exact) mass is 330 g/mol. The molecule has 1 aliphatic rings. The summed E-state index contributed by atoms with van der Waals surface area (Å²) in [6.45, 7) is 4.96. The summed E-state index contributed by atoms with van der Waals surface area (Å²) in [5, 5.41) is 4.86. The lowest BCUT2D eigenvalue weighted by Gasteiger charge is -2.27. The maximum absolute atomic E-state index is 12.9. The molecule has 3 heteroatoms. The van der Waals surface area contributed by atoms with Gasteiger partial charge in [0.05, 0.1) is 23.5 Å². The van der Waals surface area contributed by atoms with Crippen molar-refractivity contribution in [1.82, 2.24) is 9.78 Å². The van der Waals surface area contributed by atoms with Crippen LogP contribution in [0.4, 0.5) is 0 Å². The van der Waals surface area contributed by atoms with E-state index in [1.807, 2.05) is 41.1 Å². The number of hydrogen-bond acceptors (Lipinski definition) is 2. The molecule has 0 fully saturated rings. The lowest BCUT2D eigenvalue weighted by atomic mass is 9.75. The van der Waals surface area contributed by atoms with Crippen LogP contribution in [0.2, 0.25) is 0 Å². The molecule has 25 heavy (non-hydrogen) atoms. The molecule has 4 rings (SSSR count). The van der Waals surface area contributed by atoms with Crippen LogP contribution >= 0.6 is 0 Å². The Morgan fingerprint density at radius 2 is 1.60 bits per heavy atom. The zero-order valence-corrected chi connectivity index (χ0v) is 14.7. The third kappa shape index (κ3) is 3.02. The number of aromatic nitrogens is 2. The first-order valence-corrected chi connectivity index (χ1v) is 8.76. The molecule has 0 saturated heterocycles. The van der Waals surface area contributed by atoms with E-state index in [0.29, 0.717) is 13.0 Å². The molecule has 0 aliphatic heterocycles. The quantitative estimate of drug-likeness (QED) is 0.694. The third-order valence-electron chi connectivity index (χ3n) is 4.81. The Kier molecular flexibility index (Phi) is 3.79. The highest BCUT2D eigenvalue weighted by Crippen LogP contribution is 2.39. The number of fused-ring (bicyclic) bond motifs is 1. The lowest BCUT2D eigenvalue weighted by Crippen LogP contribution is -2.26. The summed E-state index contributed by atoms with van der Waals surface area (Å²) in [6.07, 6.45) is 1.42. The Morgan fingerprint density at radius 1 is 0.960 bits per heavy atom. The fraction of sp³-hybridized carbons (Fsp3) is 0.273. The van der Waals surface area contributed by atoms with Crippen molar-refractivity contribution in [1.29, 1.82) is 0 Å². The summed E-state index contributed by atoms with van der Waals surface area (Å²) in [5.41, 5.74) is 4.94. The molecule has 2 aromatic carbocycles. The second-order valence-corrected chi connectivity index (χ2v) is 7.62. The molecule has 0 radical (unpaired) electrons. The zero-order chi connectivity index (χ0) is 17.4. The van der Waals surface area contributed by atoms with Crippen LogP contribution < -0.4 is 0 Å². The number of benzene rings is 2. The van der Waals surface area contributed by atoms with E-state index in [4.69, 9.17) is 5.10 Å². The van der Waals surface area contributed by atoms with Gasteiger partial charge in [-0.15, -0.1) is 0 Å². The smallest absolute Gasteiger partial charge is 0.167 e. The van der Waals surface area contributed by atoms with Crippen molar-refractivity contribution >= 4 is 5.78 Å². The second-order valence-electron chi connectivity index (χ2n) is 7.62. The largest absolute Gasteiger partial charge is 0.294 e. The number of nitrogens with zero attached hydrogens (tertiary/aromatic N) is 2. The Morgan fingerprint density at radius 3 is 2.28 bits per heavy atom. The van der Waals surface area contributed by atoms with Crippen molar-refractivity contribution in [2.45, 2.75) is 33.2 Å². The Labute approximate surface area is 148 Å². The van der Waals surface area contributed by atoms with Crippen molar-refractivity contribution < 1.29 is 4.79 Å². The maximum atomic E-state index is 12.9. The van der Waals surface area contributed by atoms with Gasteiger partial charge in [0.2, 0.25) is 0 Å². The standard InChI is InChI=1S/C22H22N2O/c1-22(2)13-18-20(19(25)14-22)21(17-11-7-4-8-12-17)24(23-18)15-16-9-5-3-6-10-16/h3-12H,13-15H2,1-2H3. The predicted octanol–water partition coefficient (Wildman–Crippen LogP) is 4.75. The molecule has 1 heterocycles. The van der Waals surface area contributed by atoms with E-state index in [9.17, 15) is 4.79 Å². The fourth-order valence-electron chi connectivity index (χ4n) is 3.73. The number of carbonyl (C=O) groups is 1. The topological polar surface area (TPSA) is 34.9 Å². The molecule has 1 aliphatic carbocycles. The van der Waals surface area contributed by atoms with Gasteiger partial charge in [-0.3, -0.25) is 9.48 Å². The summed E-state index contributed by atoms with van der Waals surface area (Å²) in [7, 11) is 0. The number of hydrogen-bond donors (Lipinski definition) is 0. The first-order chi connectivity index (χ1) is 12.0. The van der Waals surface area contributed by atoms with Crippen molar-refractivity contribution in [3.8, 4) is 11.3 Å². The number of rotatable bonds is 3. The predicted molar refractivity (Wildman–Crippen MR) is 99.6 cm³/mol. The molecule has 0 atom stereocenters. The van der Waals surface area contributed by atoms with Gasteiger partial charge in [0.1, 0.15) is 0 Å². The highest BCUT2D eigenvalue weighted by Gasteiger charge is 2.36. The van der Waals surface area contributed by atoms with Crippen LogP contribution in [0.3, 0.4) is 0 Å². The average molecular weight is 330 g/mol. The Hall–Kier alpha value is -2.68. The van der Waals surface area contributed by atoms with Crippen molar-refractivity contribution in [2.75, 3.05) is 0 Å². The molecule has 126 valence electrons. The molecule has 0 amide bonds. The molecule has 0 spiro atoms. The molecule has 0 unspecified atom stereocenters. The van der Waals surface area contributed by atoms with Crippen LogP contribution in [-0.2, 0) is 13.0 Å². The Bertz CT molecular complexity index is 908. The number of Topliss-reactive ketones (excluding diaryl/α,β-unsaturated/α-hetero) is 1. The van der Waals surface area contributed by atoms with Gasteiger partial charge in [0, 0.05) is 12.0 Å². The van der Waals surface area contributed by atoms with Crippen LogP contribution in [0, 0.1) is 5.41 Å². The molecule has 0 N–H and O–H groups in total. The zero-order valence-electron chi connectivity index (χ0n) is 14.7. The minimum atomic E-state index is -0.0238. The van der Waals surface area contributed by atoms with E-state index in [1.165, 1.54) is 5.56 Å². The summed E-state index contributed by atoms with van der Waals surface area (Å²) < 4.78 is 2.01. The van der Waals surface area contributed by atoms with E-state index in [0.717, 1.165) is 28.9 Å². The van der Waals surface area contributed by atoms with Gasteiger partial charge in [-0.1, -0.05) is 74.5 Å². The molecule has 0 bridgehead atoms. The summed E-state index contributed by atoms with van der Waals surface area (Å²) in [5.74, 6) is 0.212. The van der Waals surface area contributed by atoms with E-state index >= 15 is 0 Å². The van der Waals surface area contributed by atoms with Crippen molar-refractivity contribution in [3.05, 3.63) is 77.5 Å². The lowest BCUT2D eigenvalue weighted by molar-refractivity contribution is 0.0912. The fourth-order valence-corrected chi connectivity index (χ4v) is 3.73. The van der Waals surface area contributed by atoms with E-state index in [-0.39, 0.29) is 11.2 Å². The van der Waals surface area contributed by atoms with Gasteiger partial charge in [-0.05, 0) is 17.4 Å². The second kappa shape index (κ2) is 5.99. The minimum absolute atomic E-state index is 0.0238. The van der Waals surface area contributed by atoms with Crippen LogP contribution in [0.25, 0.3) is 11.3 Å². The van der Waals surface area contributed by atoms with Crippen molar-refractivity contribution in [2.24, 2.45) is 5.41 Å². The van der Waals surface area contributed by atoms with Crippen LogP contribution in [0.5, 0.6) is 0 Å². The van der Waals surface area contributed by atoms with Crippen molar-refractivity contribution in [3.63, 3.8) is 0 Å². The van der Waals surface area contributed by atoms with E-state index < -0.39 is 0 Å². The van der Waals surface area contributed by atoms with E-state index in [1.54, 1.807) is 0 Å². The van der Waals surface area contributed by atoms with E-state index in [2.05, 4.69) is 38.1 Å². The molecule has 0 saturated carbocycles. The van der Waals surface area contributed by atoms with Gasteiger partial charge in [-0.25, -0.2) is 0 Å². The number of carbonyl (C=O) groups excluding carboxylic acids is 1. The minimum Gasteiger partial charge on any atom is -0.294 e. The number of ketones is 1. The highest BCUT2D eigenvalue weighted by molar-refractivity contribution is 6.04. The van der Waals surface area contributed by atoms with Gasteiger partial charge < -0.3 is 0 Å². The molecule has 3 nitrogen and oxygen atoms in total. The van der Waals surface area contributed by atoms with Gasteiger partial charge in [0.15, 0.2) is 5.78 Å². The SMILES string of the molecule is CC1(C)CC(=O)c2c(nn(Cc3ccccc3)c2-c2ccccc2)C1. The normalized spacial score (nSPS) is 15.8. The average Bonchev–Trinajstić information content (AvgIpc) is 2.93. The molecule has 1 aromatic heterocycles. The maximum Gasteiger partial charge on any atom is 0.167 e. The molecular weight excluding hydrogens is 308 g/mol. The summed E-state index contributed by atoms with van der Waals surface area (Å²) in [4.78, 5) is 12.9. The first kappa shape index (κ1) is 15.8. The highest BCUT2D eigenvalue weighted by atomic mass is 16.1.